The summed E-state index contributed by atoms with van der Waals surface area (Å²) in [5, 5.41) is 0.344. The maximum atomic E-state index is 14.0. The predicted octanol–water partition coefficient (Wildman–Crippen LogP) is 3.97. The maximum Gasteiger partial charge on any atom is 0.172 e. The molecule has 4 heteroatoms. The van der Waals surface area contributed by atoms with Gasteiger partial charge in [0.05, 0.1) is 12.1 Å². The van der Waals surface area contributed by atoms with E-state index >= 15 is 0 Å². The van der Waals surface area contributed by atoms with E-state index in [0.29, 0.717) is 28.0 Å². The molecule has 2 aromatic carbocycles. The zero-order valence-corrected chi connectivity index (χ0v) is 10.4. The summed E-state index contributed by atoms with van der Waals surface area (Å²) in [5.41, 5.74) is 1.28. The largest absolute Gasteiger partial charge is 0.494 e. The number of rotatable bonds is 3. The van der Waals surface area contributed by atoms with Gasteiger partial charge in [-0.3, -0.25) is 4.79 Å². The Kier molecular flexibility index (Phi) is 3.63. The summed E-state index contributed by atoms with van der Waals surface area (Å²) in [6.07, 6.45) is 0.643. The zero-order valence-electron chi connectivity index (χ0n) is 9.61. The summed E-state index contributed by atoms with van der Waals surface area (Å²) in [4.78, 5) is 10.8. The first kappa shape index (κ1) is 12.6. The molecule has 2 nitrogen and oxygen atoms in total. The SMILES string of the molecule is COc1cccc(-c2ccc(Cl)c(C=O)c2)c1F. The van der Waals surface area contributed by atoms with E-state index in [1.165, 1.54) is 13.2 Å². The molecule has 92 valence electrons. The van der Waals surface area contributed by atoms with Gasteiger partial charge in [-0.2, -0.15) is 0 Å². The van der Waals surface area contributed by atoms with E-state index < -0.39 is 5.82 Å². The zero-order chi connectivity index (χ0) is 13.1. The number of hydrogen-bond acceptors (Lipinski definition) is 2. The second kappa shape index (κ2) is 5.19. The highest BCUT2D eigenvalue weighted by atomic mass is 35.5. The lowest BCUT2D eigenvalue weighted by Crippen LogP contribution is -1.92. The van der Waals surface area contributed by atoms with Crippen LogP contribution in [0.5, 0.6) is 5.75 Å². The van der Waals surface area contributed by atoms with Crippen LogP contribution < -0.4 is 4.74 Å². The Morgan fingerprint density at radius 1 is 1.28 bits per heavy atom. The molecule has 0 aliphatic rings. The minimum absolute atomic E-state index is 0.162. The number of ether oxygens (including phenoxy) is 1. The summed E-state index contributed by atoms with van der Waals surface area (Å²) in [6.45, 7) is 0. The minimum Gasteiger partial charge on any atom is -0.494 e. The van der Waals surface area contributed by atoms with E-state index in [1.807, 2.05) is 0 Å². The first-order valence-corrected chi connectivity index (χ1v) is 5.62. The molecule has 0 fully saturated rings. The molecule has 2 aromatic rings. The average molecular weight is 265 g/mol. The Hall–Kier alpha value is -1.87. The van der Waals surface area contributed by atoms with Crippen LogP contribution in [0.2, 0.25) is 5.02 Å². The van der Waals surface area contributed by atoms with Crippen LogP contribution in [0.4, 0.5) is 4.39 Å². The van der Waals surface area contributed by atoms with E-state index in [4.69, 9.17) is 16.3 Å². The monoisotopic (exact) mass is 264 g/mol. The molecule has 0 N–H and O–H groups in total. The molecule has 0 saturated heterocycles. The standard InChI is InChI=1S/C14H10ClFO2/c1-18-13-4-2-3-11(14(13)16)9-5-6-12(15)10(7-9)8-17/h2-8H,1H3. The number of halogens is 2. The smallest absolute Gasteiger partial charge is 0.172 e. The van der Waals surface area contributed by atoms with Gasteiger partial charge in [0.2, 0.25) is 0 Å². The summed E-state index contributed by atoms with van der Waals surface area (Å²) < 4.78 is 19.0. The van der Waals surface area contributed by atoms with E-state index in [1.54, 1.807) is 30.3 Å². The lowest BCUT2D eigenvalue weighted by molar-refractivity contribution is 0.112. The lowest BCUT2D eigenvalue weighted by atomic mass is 10.0. The molecule has 0 heterocycles. The Labute approximate surface area is 109 Å². The van der Waals surface area contributed by atoms with Crippen molar-refractivity contribution < 1.29 is 13.9 Å². The fraction of sp³-hybridized carbons (Fsp3) is 0.0714. The molecule has 0 bridgehead atoms. The van der Waals surface area contributed by atoms with Gasteiger partial charge < -0.3 is 4.74 Å². The Morgan fingerprint density at radius 3 is 2.72 bits per heavy atom. The Balaban J connectivity index is 2.58. The summed E-state index contributed by atoms with van der Waals surface area (Å²) in [7, 11) is 1.40. The third-order valence-corrected chi connectivity index (χ3v) is 2.96. The molecule has 0 aromatic heterocycles. The second-order valence-electron chi connectivity index (χ2n) is 3.68. The van der Waals surface area contributed by atoms with Crippen molar-refractivity contribution in [2.45, 2.75) is 0 Å². The fourth-order valence-corrected chi connectivity index (χ4v) is 1.86. The van der Waals surface area contributed by atoms with Crippen molar-refractivity contribution >= 4 is 17.9 Å². The molecule has 0 spiro atoms. The number of methoxy groups -OCH3 is 1. The number of carbonyl (C=O) groups is 1. The highest BCUT2D eigenvalue weighted by Gasteiger charge is 2.11. The predicted molar refractivity (Wildman–Crippen MR) is 68.8 cm³/mol. The quantitative estimate of drug-likeness (QED) is 0.784. The van der Waals surface area contributed by atoms with Crippen molar-refractivity contribution in [3.05, 3.63) is 52.8 Å². The highest BCUT2D eigenvalue weighted by Crippen LogP contribution is 2.30. The third-order valence-electron chi connectivity index (χ3n) is 2.62. The molecule has 0 aliphatic carbocycles. The van der Waals surface area contributed by atoms with Gasteiger partial charge in [0, 0.05) is 11.1 Å². The molecular formula is C14H10ClFO2. The summed E-state index contributed by atoms with van der Waals surface area (Å²) in [5.74, 6) is -0.297. The maximum absolute atomic E-state index is 14.0. The van der Waals surface area contributed by atoms with E-state index in [0.717, 1.165) is 0 Å². The van der Waals surface area contributed by atoms with Gasteiger partial charge in [-0.1, -0.05) is 29.8 Å². The molecular weight excluding hydrogens is 255 g/mol. The first-order chi connectivity index (χ1) is 8.67. The number of hydrogen-bond donors (Lipinski definition) is 0. The first-order valence-electron chi connectivity index (χ1n) is 5.25. The molecule has 2 rings (SSSR count). The summed E-state index contributed by atoms with van der Waals surface area (Å²) >= 11 is 5.83. The van der Waals surface area contributed by atoms with E-state index in [9.17, 15) is 9.18 Å². The average Bonchev–Trinajstić information content (AvgIpc) is 2.40. The van der Waals surface area contributed by atoms with Gasteiger partial charge in [-0.15, -0.1) is 0 Å². The minimum atomic E-state index is -0.459. The molecule has 0 radical (unpaired) electrons. The van der Waals surface area contributed by atoms with Crippen LogP contribution in [0.25, 0.3) is 11.1 Å². The van der Waals surface area contributed by atoms with Crippen LogP contribution in [-0.4, -0.2) is 13.4 Å². The van der Waals surface area contributed by atoms with E-state index in [2.05, 4.69) is 0 Å². The number of benzene rings is 2. The van der Waals surface area contributed by atoms with Gasteiger partial charge in [0.25, 0.3) is 0 Å². The fourth-order valence-electron chi connectivity index (χ4n) is 1.69. The third kappa shape index (κ3) is 2.22. The Morgan fingerprint density at radius 2 is 2.06 bits per heavy atom. The second-order valence-corrected chi connectivity index (χ2v) is 4.08. The van der Waals surface area contributed by atoms with Crippen LogP contribution in [0, 0.1) is 5.82 Å². The van der Waals surface area contributed by atoms with Gasteiger partial charge in [-0.25, -0.2) is 4.39 Å². The van der Waals surface area contributed by atoms with Crippen molar-refractivity contribution in [1.82, 2.24) is 0 Å². The van der Waals surface area contributed by atoms with Gasteiger partial charge in [0.15, 0.2) is 17.9 Å². The lowest BCUT2D eigenvalue weighted by Gasteiger charge is -2.08. The van der Waals surface area contributed by atoms with Gasteiger partial charge in [-0.05, 0) is 23.8 Å². The van der Waals surface area contributed by atoms with Crippen molar-refractivity contribution in [2.24, 2.45) is 0 Å². The Bertz CT molecular complexity index is 596. The normalized spacial score (nSPS) is 10.2. The molecule has 0 atom stereocenters. The number of aldehydes is 1. The van der Waals surface area contributed by atoms with Crippen molar-refractivity contribution in [3.63, 3.8) is 0 Å². The van der Waals surface area contributed by atoms with Crippen molar-refractivity contribution in [3.8, 4) is 16.9 Å². The van der Waals surface area contributed by atoms with Crippen LogP contribution in [0.1, 0.15) is 10.4 Å². The molecule has 0 aliphatic heterocycles. The molecule has 0 amide bonds. The van der Waals surface area contributed by atoms with E-state index in [-0.39, 0.29) is 5.75 Å². The van der Waals surface area contributed by atoms with Gasteiger partial charge >= 0.3 is 0 Å². The van der Waals surface area contributed by atoms with Crippen LogP contribution in [0.3, 0.4) is 0 Å². The topological polar surface area (TPSA) is 26.3 Å². The number of carbonyl (C=O) groups excluding carboxylic acids is 1. The molecule has 0 unspecified atom stereocenters. The van der Waals surface area contributed by atoms with Crippen LogP contribution >= 0.6 is 11.6 Å². The highest BCUT2D eigenvalue weighted by molar-refractivity contribution is 6.33. The molecule has 0 saturated carbocycles. The van der Waals surface area contributed by atoms with Crippen LogP contribution in [-0.2, 0) is 0 Å². The van der Waals surface area contributed by atoms with Crippen LogP contribution in [0.15, 0.2) is 36.4 Å². The molecule has 18 heavy (non-hydrogen) atoms. The van der Waals surface area contributed by atoms with Crippen molar-refractivity contribution in [1.29, 1.82) is 0 Å². The summed E-state index contributed by atoms with van der Waals surface area (Å²) in [6, 6.07) is 9.62. The van der Waals surface area contributed by atoms with Crippen molar-refractivity contribution in [2.75, 3.05) is 7.11 Å². The van der Waals surface area contributed by atoms with Gasteiger partial charge in [0.1, 0.15) is 0 Å².